The number of nitrogens with one attached hydrogen (secondary N) is 2. The summed E-state index contributed by atoms with van der Waals surface area (Å²) in [7, 11) is 0. The van der Waals surface area contributed by atoms with Crippen molar-refractivity contribution in [3.8, 4) is 0 Å². The lowest BCUT2D eigenvalue weighted by Gasteiger charge is -2.12. The molecule has 0 saturated carbocycles. The topological polar surface area (TPSA) is 95.4 Å². The van der Waals surface area contributed by atoms with Crippen molar-refractivity contribution in [1.82, 2.24) is 15.2 Å². The van der Waals surface area contributed by atoms with Crippen molar-refractivity contribution in [2.24, 2.45) is 0 Å². The van der Waals surface area contributed by atoms with Crippen LogP contribution in [0.4, 0.5) is 9.18 Å². The maximum atomic E-state index is 13.4. The van der Waals surface area contributed by atoms with E-state index in [1.54, 1.807) is 24.4 Å². The predicted octanol–water partition coefficient (Wildman–Crippen LogP) is 3.30. The number of rotatable bonds is 6. The quantitative estimate of drug-likeness (QED) is 0.605. The summed E-state index contributed by atoms with van der Waals surface area (Å²) in [6.45, 7) is -0.0660. The molecule has 148 valence electrons. The first kappa shape index (κ1) is 19.0. The number of benzene rings is 1. The van der Waals surface area contributed by atoms with Gasteiger partial charge in [-0.3, -0.25) is 19.3 Å². The van der Waals surface area contributed by atoms with Crippen molar-refractivity contribution in [2.45, 2.75) is 6.42 Å². The van der Waals surface area contributed by atoms with E-state index in [-0.39, 0.29) is 17.3 Å². The van der Waals surface area contributed by atoms with Crippen LogP contribution in [0.5, 0.6) is 0 Å². The number of carbonyl (C=O) groups is 3. The Balaban J connectivity index is 1.33. The van der Waals surface area contributed by atoms with Crippen LogP contribution in [0, 0.1) is 5.82 Å². The molecule has 3 aromatic rings. The normalized spacial score (nSPS) is 15.6. The van der Waals surface area contributed by atoms with Gasteiger partial charge in [0.15, 0.2) is 0 Å². The number of nitrogens with zero attached hydrogens (tertiary/aromatic N) is 1. The zero-order valence-corrected chi connectivity index (χ0v) is 15.9. The average molecular weight is 413 g/mol. The van der Waals surface area contributed by atoms with Crippen molar-refractivity contribution in [3.05, 3.63) is 64.8 Å². The predicted molar refractivity (Wildman–Crippen MR) is 106 cm³/mol. The van der Waals surface area contributed by atoms with Crippen LogP contribution in [0.3, 0.4) is 0 Å². The van der Waals surface area contributed by atoms with E-state index in [9.17, 15) is 18.8 Å². The molecule has 0 bridgehead atoms. The molecule has 2 N–H and O–H groups in total. The van der Waals surface area contributed by atoms with Gasteiger partial charge in [0.05, 0.1) is 11.2 Å². The van der Waals surface area contributed by atoms with Gasteiger partial charge in [-0.1, -0.05) is 0 Å². The summed E-state index contributed by atoms with van der Waals surface area (Å²) in [5, 5.41) is 2.94. The third-order valence-electron chi connectivity index (χ3n) is 4.44. The molecule has 0 aliphatic carbocycles. The Morgan fingerprint density at radius 3 is 2.97 bits per heavy atom. The largest absolute Gasteiger partial charge is 0.465 e. The molecule has 9 heteroatoms. The highest BCUT2D eigenvalue weighted by Gasteiger charge is 2.36. The van der Waals surface area contributed by atoms with Gasteiger partial charge in [0.2, 0.25) is 5.91 Å². The minimum absolute atomic E-state index is 0.207. The molecule has 3 amide bonds. The zero-order chi connectivity index (χ0) is 20.4. The van der Waals surface area contributed by atoms with E-state index in [1.165, 1.54) is 24.5 Å². The Bertz CT molecular complexity index is 1120. The van der Waals surface area contributed by atoms with Crippen molar-refractivity contribution < 1.29 is 23.2 Å². The lowest BCUT2D eigenvalue weighted by molar-refractivity contribution is -0.129. The van der Waals surface area contributed by atoms with Crippen LogP contribution in [0.25, 0.3) is 17.0 Å². The number of fused-ring (bicyclic) bond motifs is 1. The molecule has 1 aliphatic rings. The van der Waals surface area contributed by atoms with Gasteiger partial charge >= 0.3 is 0 Å². The average Bonchev–Trinajstić information content (AvgIpc) is 3.40. The molecule has 29 heavy (non-hydrogen) atoms. The van der Waals surface area contributed by atoms with Gasteiger partial charge in [-0.25, -0.2) is 4.39 Å². The molecule has 1 saturated heterocycles. The molecule has 0 unspecified atom stereocenters. The minimum atomic E-state index is -0.529. The molecular weight excluding hydrogens is 397 g/mol. The number of carbonyl (C=O) groups excluding carboxylic acids is 3. The first-order valence-corrected chi connectivity index (χ1v) is 9.64. The summed E-state index contributed by atoms with van der Waals surface area (Å²) in [6, 6.07) is 7.81. The number of amides is 3. The van der Waals surface area contributed by atoms with E-state index in [1.807, 2.05) is 0 Å². The maximum Gasteiger partial charge on any atom is 0.294 e. The van der Waals surface area contributed by atoms with Crippen molar-refractivity contribution in [2.75, 3.05) is 13.1 Å². The van der Waals surface area contributed by atoms with Gasteiger partial charge in [0.25, 0.3) is 11.1 Å². The number of furan rings is 1. The summed E-state index contributed by atoms with van der Waals surface area (Å²) in [4.78, 5) is 40.8. The number of H-pyrrole nitrogens is 1. The highest BCUT2D eigenvalue weighted by atomic mass is 32.2. The summed E-state index contributed by atoms with van der Waals surface area (Å²) in [5.41, 5.74) is 1.68. The van der Waals surface area contributed by atoms with E-state index in [4.69, 9.17) is 4.42 Å². The molecule has 7 nitrogen and oxygen atoms in total. The summed E-state index contributed by atoms with van der Waals surface area (Å²) in [5.74, 6) is -0.851. The number of aromatic nitrogens is 1. The van der Waals surface area contributed by atoms with Crippen molar-refractivity contribution in [1.29, 1.82) is 0 Å². The highest BCUT2D eigenvalue weighted by molar-refractivity contribution is 8.18. The molecule has 3 heterocycles. The van der Waals surface area contributed by atoms with Crippen molar-refractivity contribution >= 4 is 45.8 Å². The van der Waals surface area contributed by atoms with E-state index >= 15 is 0 Å². The van der Waals surface area contributed by atoms with Gasteiger partial charge in [-0.15, -0.1) is 0 Å². The third-order valence-corrected chi connectivity index (χ3v) is 5.35. The Morgan fingerprint density at radius 1 is 1.31 bits per heavy atom. The number of thioether (sulfide) groups is 1. The maximum absolute atomic E-state index is 13.4. The highest BCUT2D eigenvalue weighted by Crippen LogP contribution is 2.32. The summed E-state index contributed by atoms with van der Waals surface area (Å²) in [6.07, 6.45) is 5.19. The second-order valence-electron chi connectivity index (χ2n) is 6.39. The number of imide groups is 1. The first-order chi connectivity index (χ1) is 14.0. The van der Waals surface area contributed by atoms with Gasteiger partial charge in [0, 0.05) is 29.7 Å². The van der Waals surface area contributed by atoms with Gasteiger partial charge in [0.1, 0.15) is 18.1 Å². The molecule has 0 radical (unpaired) electrons. The van der Waals surface area contributed by atoms with Crippen LogP contribution in [0.15, 0.2) is 52.1 Å². The minimum Gasteiger partial charge on any atom is -0.465 e. The zero-order valence-electron chi connectivity index (χ0n) is 15.1. The molecule has 1 aromatic carbocycles. The van der Waals surface area contributed by atoms with Crippen LogP contribution in [0.2, 0.25) is 0 Å². The van der Waals surface area contributed by atoms with Gasteiger partial charge in [-0.05, 0) is 54.1 Å². The molecule has 1 aliphatic heterocycles. The monoisotopic (exact) mass is 413 g/mol. The lowest BCUT2D eigenvalue weighted by atomic mass is 10.1. The van der Waals surface area contributed by atoms with Crippen LogP contribution in [-0.2, 0) is 16.0 Å². The molecule has 0 spiro atoms. The number of hydrogen-bond donors (Lipinski definition) is 2. The number of halogens is 1. The third kappa shape index (κ3) is 4.09. The van der Waals surface area contributed by atoms with Gasteiger partial charge < -0.3 is 14.7 Å². The fourth-order valence-corrected chi connectivity index (χ4v) is 3.85. The summed E-state index contributed by atoms with van der Waals surface area (Å²) < 4.78 is 18.6. The lowest BCUT2D eigenvalue weighted by Crippen LogP contribution is -2.40. The van der Waals surface area contributed by atoms with E-state index in [0.717, 1.165) is 33.1 Å². The molecule has 4 rings (SSSR count). The second kappa shape index (κ2) is 7.96. The smallest absolute Gasteiger partial charge is 0.294 e. The Kier molecular flexibility index (Phi) is 5.22. The fourth-order valence-electron chi connectivity index (χ4n) is 3.03. The van der Waals surface area contributed by atoms with E-state index < -0.39 is 17.1 Å². The summed E-state index contributed by atoms with van der Waals surface area (Å²) >= 11 is 0.766. The van der Waals surface area contributed by atoms with Crippen LogP contribution in [0.1, 0.15) is 11.3 Å². The Labute approximate surface area is 168 Å². The first-order valence-electron chi connectivity index (χ1n) is 8.82. The van der Waals surface area contributed by atoms with Crippen LogP contribution >= 0.6 is 11.8 Å². The number of aromatic amines is 1. The fraction of sp³-hybridized carbons (Fsp3) is 0.150. The Hall–Kier alpha value is -3.33. The standard InChI is InChI=1S/C20H16FN3O4S/c21-13-3-4-16-15(8-13)12(10-23-16)5-6-22-18(25)11-24-19(26)17(29-20(24)27)9-14-2-1-7-28-14/h1-4,7-10,23H,5-6,11H2,(H,22,25). The molecule has 0 atom stereocenters. The van der Waals surface area contributed by atoms with Gasteiger partial charge in [-0.2, -0.15) is 0 Å². The molecule has 1 fully saturated rings. The van der Waals surface area contributed by atoms with E-state index in [2.05, 4.69) is 10.3 Å². The number of hydrogen-bond acceptors (Lipinski definition) is 5. The molecular formula is C20H16FN3O4S. The van der Waals surface area contributed by atoms with Crippen molar-refractivity contribution in [3.63, 3.8) is 0 Å². The second-order valence-corrected chi connectivity index (χ2v) is 7.38. The molecule has 2 aromatic heterocycles. The van der Waals surface area contributed by atoms with E-state index in [0.29, 0.717) is 18.7 Å². The Morgan fingerprint density at radius 2 is 2.17 bits per heavy atom. The van der Waals surface area contributed by atoms with Crippen LogP contribution < -0.4 is 5.32 Å². The SMILES string of the molecule is O=C(CN1C(=O)SC(=Cc2ccco2)C1=O)NCCc1c[nH]c2ccc(F)cc12. The van der Waals surface area contributed by atoms with Crippen LogP contribution in [-0.4, -0.2) is 40.0 Å².